The van der Waals surface area contributed by atoms with Crippen LogP contribution in [0.4, 0.5) is 0 Å². The molecule has 0 aromatic rings. The molecule has 68 valence electrons. The van der Waals surface area contributed by atoms with Gasteiger partial charge in [-0.2, -0.15) is 0 Å². The molecule has 11 heavy (non-hydrogen) atoms. The van der Waals surface area contributed by atoms with Crippen LogP contribution in [0, 0.1) is 5.92 Å². The second kappa shape index (κ2) is 8.06. The molecule has 0 saturated carbocycles. The van der Waals surface area contributed by atoms with Crippen LogP contribution in [-0.4, -0.2) is 11.7 Å². The number of aliphatic hydroxyl groups excluding tert-OH is 1. The molecule has 0 aliphatic carbocycles. The van der Waals surface area contributed by atoms with Crippen molar-refractivity contribution in [3.8, 4) is 0 Å². The molecule has 0 rings (SSSR count). The molecule has 0 bridgehead atoms. The maximum absolute atomic E-state index is 8.52. The highest BCUT2D eigenvalue weighted by molar-refractivity contribution is 4.50. The van der Waals surface area contributed by atoms with Gasteiger partial charge in [0.25, 0.3) is 0 Å². The monoisotopic (exact) mass is 158 g/mol. The molecule has 1 unspecified atom stereocenters. The average molecular weight is 158 g/mol. The van der Waals surface area contributed by atoms with E-state index in [9.17, 15) is 0 Å². The predicted octanol–water partition coefficient (Wildman–Crippen LogP) is 2.98. The molecule has 1 heteroatoms. The Balaban J connectivity index is 2.89. The van der Waals surface area contributed by atoms with Crippen LogP contribution in [0.5, 0.6) is 0 Å². The van der Waals surface area contributed by atoms with E-state index in [0.717, 1.165) is 12.3 Å². The smallest absolute Gasteiger partial charge is 0.0431 e. The van der Waals surface area contributed by atoms with Crippen LogP contribution in [0.1, 0.15) is 52.4 Å². The van der Waals surface area contributed by atoms with Crippen molar-refractivity contribution in [1.29, 1.82) is 0 Å². The van der Waals surface area contributed by atoms with Gasteiger partial charge in [-0.05, 0) is 12.3 Å². The van der Waals surface area contributed by atoms with Gasteiger partial charge in [0.1, 0.15) is 0 Å². The fraction of sp³-hybridized carbons (Fsp3) is 1.00. The van der Waals surface area contributed by atoms with Crippen LogP contribution < -0.4 is 0 Å². The van der Waals surface area contributed by atoms with Crippen molar-refractivity contribution in [3.63, 3.8) is 0 Å². The molecule has 0 saturated heterocycles. The van der Waals surface area contributed by atoms with Gasteiger partial charge in [0, 0.05) is 6.61 Å². The summed E-state index contributed by atoms with van der Waals surface area (Å²) in [6.07, 6.45) is 7.50. The number of aliphatic hydroxyl groups is 1. The lowest BCUT2D eigenvalue weighted by Gasteiger charge is -2.06. The van der Waals surface area contributed by atoms with Crippen molar-refractivity contribution >= 4 is 0 Å². The highest BCUT2D eigenvalue weighted by Gasteiger charge is 1.97. The summed E-state index contributed by atoms with van der Waals surface area (Å²) < 4.78 is 0. The zero-order valence-corrected chi connectivity index (χ0v) is 7.97. The first-order valence-electron chi connectivity index (χ1n) is 4.92. The molecule has 0 aliphatic heterocycles. The van der Waals surface area contributed by atoms with Crippen molar-refractivity contribution in [2.75, 3.05) is 6.61 Å². The molecule has 0 aromatic heterocycles. The van der Waals surface area contributed by atoms with Gasteiger partial charge in [-0.25, -0.2) is 0 Å². The highest BCUT2D eigenvalue weighted by Crippen LogP contribution is 2.12. The Bertz CT molecular complexity index is 71.3. The predicted molar refractivity (Wildman–Crippen MR) is 49.6 cm³/mol. The van der Waals surface area contributed by atoms with Gasteiger partial charge in [0.2, 0.25) is 0 Å². The maximum Gasteiger partial charge on any atom is 0.0431 e. The van der Waals surface area contributed by atoms with Crippen LogP contribution >= 0.6 is 0 Å². The van der Waals surface area contributed by atoms with Crippen molar-refractivity contribution < 1.29 is 5.11 Å². The van der Waals surface area contributed by atoms with E-state index in [-0.39, 0.29) is 0 Å². The van der Waals surface area contributed by atoms with E-state index in [4.69, 9.17) is 5.11 Å². The number of hydrogen-bond acceptors (Lipinski definition) is 1. The van der Waals surface area contributed by atoms with E-state index in [1.165, 1.54) is 32.1 Å². The highest BCUT2D eigenvalue weighted by atomic mass is 16.2. The Labute approximate surface area is 70.8 Å². The third kappa shape index (κ3) is 7.86. The van der Waals surface area contributed by atoms with Crippen LogP contribution in [0.3, 0.4) is 0 Å². The molecule has 0 fully saturated rings. The summed E-state index contributed by atoms with van der Waals surface area (Å²) >= 11 is 0. The summed E-state index contributed by atoms with van der Waals surface area (Å²) in [5.74, 6) is 0.893. The first-order valence-corrected chi connectivity index (χ1v) is 4.92. The molecule has 1 N–H and O–H groups in total. The SMILES string of the molecule is CCC(C)CCCCCCO. The van der Waals surface area contributed by atoms with Gasteiger partial charge in [-0.3, -0.25) is 0 Å². The molecule has 1 nitrogen and oxygen atoms in total. The van der Waals surface area contributed by atoms with Gasteiger partial charge in [0.05, 0.1) is 0 Å². The lowest BCUT2D eigenvalue weighted by Crippen LogP contribution is -1.92. The number of unbranched alkanes of at least 4 members (excludes halogenated alkanes) is 3. The third-order valence-corrected chi connectivity index (χ3v) is 2.30. The fourth-order valence-corrected chi connectivity index (χ4v) is 1.16. The van der Waals surface area contributed by atoms with Crippen LogP contribution in [0.25, 0.3) is 0 Å². The summed E-state index contributed by atoms with van der Waals surface area (Å²) in [5, 5.41) is 8.52. The Hall–Kier alpha value is -0.0400. The maximum atomic E-state index is 8.52. The Morgan fingerprint density at radius 1 is 1.09 bits per heavy atom. The minimum Gasteiger partial charge on any atom is -0.396 e. The summed E-state index contributed by atoms with van der Waals surface area (Å²) in [5.41, 5.74) is 0. The van der Waals surface area contributed by atoms with Gasteiger partial charge < -0.3 is 5.11 Å². The lowest BCUT2D eigenvalue weighted by atomic mass is 10.0. The summed E-state index contributed by atoms with van der Waals surface area (Å²) in [6.45, 7) is 4.92. The molecule has 0 spiro atoms. The van der Waals surface area contributed by atoms with Gasteiger partial charge >= 0.3 is 0 Å². The quantitative estimate of drug-likeness (QED) is 0.565. The molecule has 1 atom stereocenters. The van der Waals surface area contributed by atoms with E-state index in [1.54, 1.807) is 0 Å². The molecule has 0 aromatic carbocycles. The third-order valence-electron chi connectivity index (χ3n) is 2.30. The second-order valence-corrected chi connectivity index (χ2v) is 3.44. The van der Waals surface area contributed by atoms with E-state index in [1.807, 2.05) is 0 Å². The second-order valence-electron chi connectivity index (χ2n) is 3.44. The Morgan fingerprint density at radius 3 is 2.27 bits per heavy atom. The molecule has 0 amide bonds. The Morgan fingerprint density at radius 2 is 1.73 bits per heavy atom. The number of hydrogen-bond donors (Lipinski definition) is 1. The van der Waals surface area contributed by atoms with Crippen molar-refractivity contribution in [3.05, 3.63) is 0 Å². The van der Waals surface area contributed by atoms with Gasteiger partial charge in [0.15, 0.2) is 0 Å². The van der Waals surface area contributed by atoms with Crippen LogP contribution in [-0.2, 0) is 0 Å². The van der Waals surface area contributed by atoms with E-state index < -0.39 is 0 Å². The molecular weight excluding hydrogens is 136 g/mol. The number of rotatable bonds is 7. The minimum absolute atomic E-state index is 0.364. The largest absolute Gasteiger partial charge is 0.396 e. The minimum atomic E-state index is 0.364. The van der Waals surface area contributed by atoms with Crippen molar-refractivity contribution in [1.82, 2.24) is 0 Å². The van der Waals surface area contributed by atoms with E-state index in [2.05, 4.69) is 13.8 Å². The topological polar surface area (TPSA) is 20.2 Å². The van der Waals surface area contributed by atoms with Crippen LogP contribution in [0.15, 0.2) is 0 Å². The standard InChI is InChI=1S/C10H22O/c1-3-10(2)8-6-4-5-7-9-11/h10-11H,3-9H2,1-2H3. The molecular formula is C10H22O. The van der Waals surface area contributed by atoms with Gasteiger partial charge in [-0.15, -0.1) is 0 Å². The lowest BCUT2D eigenvalue weighted by molar-refractivity contribution is 0.281. The van der Waals surface area contributed by atoms with Crippen molar-refractivity contribution in [2.45, 2.75) is 52.4 Å². The van der Waals surface area contributed by atoms with E-state index in [0.29, 0.717) is 6.61 Å². The summed E-state index contributed by atoms with van der Waals surface area (Å²) in [6, 6.07) is 0. The van der Waals surface area contributed by atoms with Crippen molar-refractivity contribution in [2.24, 2.45) is 5.92 Å². The molecule has 0 heterocycles. The molecule has 0 aliphatic rings. The first kappa shape index (κ1) is 11.0. The Kier molecular flexibility index (Phi) is 8.03. The zero-order chi connectivity index (χ0) is 8.53. The molecule has 0 radical (unpaired) electrons. The first-order chi connectivity index (χ1) is 5.31. The zero-order valence-electron chi connectivity index (χ0n) is 7.97. The summed E-state index contributed by atoms with van der Waals surface area (Å²) in [7, 11) is 0. The average Bonchev–Trinajstić information content (AvgIpc) is 2.04. The van der Waals surface area contributed by atoms with Crippen LogP contribution in [0.2, 0.25) is 0 Å². The normalized spacial score (nSPS) is 13.4. The fourth-order valence-electron chi connectivity index (χ4n) is 1.16. The van der Waals surface area contributed by atoms with Gasteiger partial charge in [-0.1, -0.05) is 46.0 Å². The van der Waals surface area contributed by atoms with E-state index >= 15 is 0 Å². The summed E-state index contributed by atoms with van der Waals surface area (Å²) in [4.78, 5) is 0.